The van der Waals surface area contributed by atoms with Gasteiger partial charge in [-0.1, -0.05) is 13.3 Å². The lowest BCUT2D eigenvalue weighted by molar-refractivity contribution is 0.0761. The maximum Gasteiger partial charge on any atom is 0.242 e. The Morgan fingerprint density at radius 3 is 2.73 bits per heavy atom. The number of hydrogen-bond acceptors (Lipinski definition) is 5. The molecule has 0 aliphatic rings. The fraction of sp³-hybridized carbons (Fsp3) is 0.562. The van der Waals surface area contributed by atoms with Crippen LogP contribution in [0.15, 0.2) is 12.5 Å². The van der Waals surface area contributed by atoms with E-state index in [-0.39, 0.29) is 5.60 Å². The fourth-order valence-corrected chi connectivity index (χ4v) is 2.09. The molecular formula is C16H23N3O3. The summed E-state index contributed by atoms with van der Waals surface area (Å²) < 4.78 is 13.4. The van der Waals surface area contributed by atoms with Gasteiger partial charge in [-0.2, -0.15) is 4.98 Å². The van der Waals surface area contributed by atoms with Crippen LogP contribution < -0.4 is 4.74 Å². The summed E-state index contributed by atoms with van der Waals surface area (Å²) in [5.74, 6) is 0.463. The first-order valence-electron chi connectivity index (χ1n) is 7.52. The Morgan fingerprint density at radius 2 is 2.09 bits per heavy atom. The van der Waals surface area contributed by atoms with Crippen LogP contribution in [0.2, 0.25) is 0 Å². The standard InChI is InChI=1S/C16H23N3O3/c1-5-6-7-21-11-19-8-12(9-20)13-14(19)15(18-10-17-13)22-16(2,3)4/h8-10H,5-7,11H2,1-4H3. The summed E-state index contributed by atoms with van der Waals surface area (Å²) in [7, 11) is 0. The second-order valence-corrected chi connectivity index (χ2v) is 6.15. The van der Waals surface area contributed by atoms with Gasteiger partial charge in [0.25, 0.3) is 0 Å². The third-order valence-electron chi connectivity index (χ3n) is 3.05. The summed E-state index contributed by atoms with van der Waals surface area (Å²) in [6, 6.07) is 0. The van der Waals surface area contributed by atoms with E-state index in [9.17, 15) is 4.79 Å². The highest BCUT2D eigenvalue weighted by molar-refractivity contribution is 5.96. The molecule has 0 aliphatic carbocycles. The molecule has 2 aromatic heterocycles. The van der Waals surface area contributed by atoms with E-state index in [1.54, 1.807) is 6.20 Å². The van der Waals surface area contributed by atoms with Crippen LogP contribution in [0.3, 0.4) is 0 Å². The normalized spacial score (nSPS) is 11.8. The molecular weight excluding hydrogens is 282 g/mol. The fourth-order valence-electron chi connectivity index (χ4n) is 2.09. The number of hydrogen-bond donors (Lipinski definition) is 0. The second kappa shape index (κ2) is 6.87. The molecule has 0 aliphatic heterocycles. The molecule has 0 aromatic carbocycles. The SMILES string of the molecule is CCCCOCn1cc(C=O)c2ncnc(OC(C)(C)C)c21. The van der Waals surface area contributed by atoms with Crippen LogP contribution in [0, 0.1) is 0 Å². The van der Waals surface area contributed by atoms with E-state index in [1.807, 2.05) is 25.3 Å². The van der Waals surface area contributed by atoms with Gasteiger partial charge in [-0.05, 0) is 27.2 Å². The molecule has 2 heterocycles. The lowest BCUT2D eigenvalue weighted by Crippen LogP contribution is -2.24. The number of aldehydes is 1. The van der Waals surface area contributed by atoms with Crippen molar-refractivity contribution in [3.63, 3.8) is 0 Å². The van der Waals surface area contributed by atoms with Crippen molar-refractivity contribution in [1.82, 2.24) is 14.5 Å². The average Bonchev–Trinajstić information content (AvgIpc) is 2.81. The number of rotatable bonds is 7. The zero-order chi connectivity index (χ0) is 16.2. The third-order valence-corrected chi connectivity index (χ3v) is 3.05. The Morgan fingerprint density at radius 1 is 1.32 bits per heavy atom. The van der Waals surface area contributed by atoms with Crippen LogP contribution in [0.5, 0.6) is 5.88 Å². The predicted octanol–water partition coefficient (Wildman–Crippen LogP) is 3.20. The van der Waals surface area contributed by atoms with Crippen molar-refractivity contribution in [3.8, 4) is 5.88 Å². The van der Waals surface area contributed by atoms with Crippen LogP contribution in [0.1, 0.15) is 50.9 Å². The Kier molecular flexibility index (Phi) is 5.13. The lowest BCUT2D eigenvalue weighted by atomic mass is 10.2. The molecule has 0 N–H and O–H groups in total. The zero-order valence-corrected chi connectivity index (χ0v) is 13.6. The highest BCUT2D eigenvalue weighted by Gasteiger charge is 2.20. The Labute approximate surface area is 130 Å². The van der Waals surface area contributed by atoms with Gasteiger partial charge in [0.2, 0.25) is 5.88 Å². The predicted molar refractivity (Wildman–Crippen MR) is 84.2 cm³/mol. The molecule has 0 atom stereocenters. The van der Waals surface area contributed by atoms with Crippen molar-refractivity contribution in [2.24, 2.45) is 0 Å². The number of fused-ring (bicyclic) bond motifs is 1. The maximum absolute atomic E-state index is 11.3. The van der Waals surface area contributed by atoms with Crippen molar-refractivity contribution in [3.05, 3.63) is 18.1 Å². The number of ether oxygens (including phenoxy) is 2. The molecule has 2 rings (SSSR count). The Bertz CT molecular complexity index is 644. The number of aromatic nitrogens is 3. The molecule has 0 radical (unpaired) electrons. The molecule has 6 nitrogen and oxygen atoms in total. The number of carbonyl (C=O) groups is 1. The van der Waals surface area contributed by atoms with Gasteiger partial charge < -0.3 is 14.0 Å². The topological polar surface area (TPSA) is 66.2 Å². The van der Waals surface area contributed by atoms with E-state index in [0.717, 1.165) is 19.1 Å². The van der Waals surface area contributed by atoms with Gasteiger partial charge in [0.15, 0.2) is 6.29 Å². The minimum Gasteiger partial charge on any atom is -0.470 e. The third kappa shape index (κ3) is 3.82. The summed E-state index contributed by atoms with van der Waals surface area (Å²) in [6.45, 7) is 8.99. The van der Waals surface area contributed by atoms with Gasteiger partial charge in [-0.3, -0.25) is 4.79 Å². The summed E-state index contributed by atoms with van der Waals surface area (Å²) in [4.78, 5) is 19.7. The van der Waals surface area contributed by atoms with Gasteiger partial charge in [0, 0.05) is 12.8 Å². The number of carbonyl (C=O) groups excluding carboxylic acids is 1. The summed E-state index contributed by atoms with van der Waals surface area (Å²) in [6.07, 6.45) is 6.01. The van der Waals surface area contributed by atoms with Crippen LogP contribution in [0.25, 0.3) is 11.0 Å². The molecule has 0 bridgehead atoms. The molecule has 0 fully saturated rings. The largest absolute Gasteiger partial charge is 0.470 e. The molecule has 22 heavy (non-hydrogen) atoms. The molecule has 0 spiro atoms. The molecule has 0 amide bonds. The highest BCUT2D eigenvalue weighted by Crippen LogP contribution is 2.28. The monoisotopic (exact) mass is 305 g/mol. The number of unbranched alkanes of at least 4 members (excludes halogenated alkanes) is 1. The van der Waals surface area contributed by atoms with E-state index in [1.165, 1.54) is 6.33 Å². The van der Waals surface area contributed by atoms with Crippen molar-refractivity contribution < 1.29 is 14.3 Å². The van der Waals surface area contributed by atoms with E-state index in [0.29, 0.717) is 35.8 Å². The van der Waals surface area contributed by atoms with E-state index >= 15 is 0 Å². The van der Waals surface area contributed by atoms with Gasteiger partial charge in [0.05, 0.1) is 5.56 Å². The molecule has 120 valence electrons. The lowest BCUT2D eigenvalue weighted by Gasteiger charge is -2.21. The quantitative estimate of drug-likeness (QED) is 0.580. The molecule has 2 aromatic rings. The second-order valence-electron chi connectivity index (χ2n) is 6.15. The average molecular weight is 305 g/mol. The maximum atomic E-state index is 11.3. The van der Waals surface area contributed by atoms with Gasteiger partial charge in [-0.15, -0.1) is 0 Å². The smallest absolute Gasteiger partial charge is 0.242 e. The van der Waals surface area contributed by atoms with E-state index in [4.69, 9.17) is 9.47 Å². The Balaban J connectivity index is 2.39. The van der Waals surface area contributed by atoms with Crippen molar-refractivity contribution in [2.75, 3.05) is 6.61 Å². The van der Waals surface area contributed by atoms with Crippen LogP contribution in [-0.4, -0.2) is 33.0 Å². The Hall–Kier alpha value is -1.95. The van der Waals surface area contributed by atoms with Crippen molar-refractivity contribution in [1.29, 1.82) is 0 Å². The molecule has 0 saturated heterocycles. The summed E-state index contributed by atoms with van der Waals surface area (Å²) >= 11 is 0. The number of nitrogens with zero attached hydrogens (tertiary/aromatic N) is 3. The van der Waals surface area contributed by atoms with Gasteiger partial charge in [0.1, 0.15) is 29.7 Å². The summed E-state index contributed by atoms with van der Waals surface area (Å²) in [5, 5.41) is 0. The van der Waals surface area contributed by atoms with Gasteiger partial charge in [-0.25, -0.2) is 4.98 Å². The van der Waals surface area contributed by atoms with E-state index < -0.39 is 0 Å². The minimum atomic E-state index is -0.388. The van der Waals surface area contributed by atoms with Crippen molar-refractivity contribution in [2.45, 2.75) is 52.9 Å². The zero-order valence-electron chi connectivity index (χ0n) is 13.6. The highest BCUT2D eigenvalue weighted by atomic mass is 16.5. The first-order valence-corrected chi connectivity index (χ1v) is 7.52. The first-order chi connectivity index (χ1) is 10.5. The van der Waals surface area contributed by atoms with Gasteiger partial charge >= 0.3 is 0 Å². The molecule has 6 heteroatoms. The van der Waals surface area contributed by atoms with Crippen LogP contribution in [-0.2, 0) is 11.5 Å². The summed E-state index contributed by atoms with van der Waals surface area (Å²) in [5.41, 5.74) is 1.40. The first kappa shape index (κ1) is 16.4. The minimum absolute atomic E-state index is 0.345. The van der Waals surface area contributed by atoms with Crippen LogP contribution in [0.4, 0.5) is 0 Å². The van der Waals surface area contributed by atoms with Crippen molar-refractivity contribution >= 4 is 17.3 Å². The molecule has 0 saturated carbocycles. The molecule has 0 unspecified atom stereocenters. The van der Waals surface area contributed by atoms with Crippen LogP contribution >= 0.6 is 0 Å². The van der Waals surface area contributed by atoms with E-state index in [2.05, 4.69) is 16.9 Å².